The van der Waals surface area contributed by atoms with Crippen LogP contribution in [0.1, 0.15) is 18.4 Å². The van der Waals surface area contributed by atoms with Gasteiger partial charge in [-0.15, -0.1) is 0 Å². The first-order valence-electron chi connectivity index (χ1n) is 9.59. The van der Waals surface area contributed by atoms with Crippen molar-refractivity contribution < 1.29 is 17.9 Å². The van der Waals surface area contributed by atoms with Crippen molar-refractivity contribution in [1.82, 2.24) is 19.4 Å². The third kappa shape index (κ3) is 4.67. The van der Waals surface area contributed by atoms with E-state index in [1.807, 2.05) is 6.92 Å². The van der Waals surface area contributed by atoms with Crippen LogP contribution in [0.3, 0.4) is 0 Å². The van der Waals surface area contributed by atoms with Gasteiger partial charge in [0.2, 0.25) is 11.2 Å². The lowest BCUT2D eigenvalue weighted by Crippen LogP contribution is -2.45. The molecule has 8 nitrogen and oxygen atoms in total. The van der Waals surface area contributed by atoms with E-state index >= 15 is 0 Å². The third-order valence-corrected chi connectivity index (χ3v) is 7.25. The average Bonchev–Trinajstić information content (AvgIpc) is 3.36. The van der Waals surface area contributed by atoms with Crippen LogP contribution < -0.4 is 5.48 Å². The van der Waals surface area contributed by atoms with Gasteiger partial charge >= 0.3 is 0 Å². The van der Waals surface area contributed by atoms with Gasteiger partial charge in [-0.2, -0.15) is 4.98 Å². The number of nitrogens with zero attached hydrogens (tertiary/aromatic N) is 4. The minimum absolute atomic E-state index is 0.287. The first-order valence-corrected chi connectivity index (χ1v) is 11.5. The van der Waals surface area contributed by atoms with E-state index in [4.69, 9.17) is 20.9 Å². The van der Waals surface area contributed by atoms with Gasteiger partial charge in [0, 0.05) is 42.3 Å². The van der Waals surface area contributed by atoms with Gasteiger partial charge in [-0.25, -0.2) is 14.9 Å². The van der Waals surface area contributed by atoms with Crippen molar-refractivity contribution in [2.45, 2.75) is 31.3 Å². The number of hydrogen-bond donors (Lipinski definition) is 1. The summed E-state index contributed by atoms with van der Waals surface area (Å²) >= 11 is 6.24. The lowest BCUT2D eigenvalue weighted by molar-refractivity contribution is 0.232. The molecule has 11 heteroatoms. The van der Waals surface area contributed by atoms with Gasteiger partial charge in [0.1, 0.15) is 11.6 Å². The Morgan fingerprint density at radius 1 is 1.29 bits per heavy atom. The van der Waals surface area contributed by atoms with Crippen LogP contribution in [0.2, 0.25) is 5.28 Å². The van der Waals surface area contributed by atoms with Crippen molar-refractivity contribution in [2.75, 3.05) is 25.4 Å². The maximum Gasteiger partial charge on any atom is 0.226 e. The van der Waals surface area contributed by atoms with E-state index in [-0.39, 0.29) is 11.1 Å². The fourth-order valence-electron chi connectivity index (χ4n) is 3.65. The van der Waals surface area contributed by atoms with Crippen molar-refractivity contribution >= 4 is 28.2 Å². The van der Waals surface area contributed by atoms with E-state index in [1.54, 1.807) is 29.2 Å². The molecule has 3 heterocycles. The van der Waals surface area contributed by atoms with Crippen molar-refractivity contribution in [3.63, 3.8) is 0 Å². The molecule has 0 spiro atoms. The molecule has 2 aromatic heterocycles. The van der Waals surface area contributed by atoms with Crippen molar-refractivity contribution in [1.29, 1.82) is 0 Å². The number of anilines is 1. The molecule has 2 unspecified atom stereocenters. The molecule has 0 amide bonds. The second kappa shape index (κ2) is 8.70. The molecule has 1 aromatic carbocycles. The summed E-state index contributed by atoms with van der Waals surface area (Å²) < 4.78 is 32.9. The Hall–Kier alpha value is -2.27. The molecule has 1 N–H and O–H groups in total. The molecule has 0 saturated carbocycles. The van der Waals surface area contributed by atoms with Crippen molar-refractivity contribution in [2.24, 2.45) is 0 Å². The van der Waals surface area contributed by atoms with E-state index in [2.05, 4.69) is 20.3 Å². The summed E-state index contributed by atoms with van der Waals surface area (Å²) in [6, 6.07) is 6.06. The minimum atomic E-state index is -1.14. The number of hydrogen-bond acceptors (Lipinski definition) is 7. The van der Waals surface area contributed by atoms with Crippen molar-refractivity contribution in [3.05, 3.63) is 53.0 Å². The van der Waals surface area contributed by atoms with Crippen LogP contribution in [0.15, 0.2) is 34.9 Å². The molecule has 0 bridgehead atoms. The second-order valence-corrected chi connectivity index (χ2v) is 10.0. The first-order chi connectivity index (χ1) is 14.8. The Labute approximate surface area is 186 Å². The molecule has 4 rings (SSSR count). The molecule has 0 radical (unpaired) electrons. The predicted molar refractivity (Wildman–Crippen MR) is 116 cm³/mol. The summed E-state index contributed by atoms with van der Waals surface area (Å²) in [7, 11) is 0.345. The molecular formula is C20H23ClFN5O3S. The van der Waals surface area contributed by atoms with E-state index in [0.29, 0.717) is 37.9 Å². The van der Waals surface area contributed by atoms with Crippen LogP contribution in [-0.2, 0) is 35.3 Å². The van der Waals surface area contributed by atoms with Gasteiger partial charge in [-0.1, -0.05) is 0 Å². The molecule has 0 aliphatic carbocycles. The lowest BCUT2D eigenvalue weighted by atomic mass is 10.1. The van der Waals surface area contributed by atoms with E-state index in [1.165, 1.54) is 19.2 Å². The monoisotopic (exact) mass is 467 g/mol. The summed E-state index contributed by atoms with van der Waals surface area (Å²) in [5, 5.41) is 0.287. The minimum Gasteiger partial charge on any atom is -0.439 e. The molecule has 1 aliphatic rings. The Balaban J connectivity index is 1.46. The number of halogens is 2. The topological polar surface area (TPSA) is 85.4 Å². The van der Waals surface area contributed by atoms with Crippen LogP contribution in [0.4, 0.5) is 10.2 Å². The Morgan fingerprint density at radius 3 is 2.68 bits per heavy atom. The molecule has 0 saturated heterocycles. The summed E-state index contributed by atoms with van der Waals surface area (Å²) in [5.74, 6) is 1.43. The standard InChI is InChI=1S/C20H23ClFN5O3S/c1-20(31(3)28,12-27-10-17(25-29-2)24-19(27)21)11-26-8-15-16(9-26)30-18(23-15)13-4-6-14(22)7-5-13/h4-7,10,25H,8-9,11-12H2,1-3H3. The maximum atomic E-state index is 13.2. The van der Waals surface area contributed by atoms with Gasteiger partial charge in [-0.3, -0.25) is 13.9 Å². The summed E-state index contributed by atoms with van der Waals surface area (Å²) in [5.41, 5.74) is 4.22. The van der Waals surface area contributed by atoms with E-state index in [9.17, 15) is 8.60 Å². The Kier molecular flexibility index (Phi) is 6.16. The SMILES string of the molecule is CONc1cn(CC(C)(CN2Cc3nc(-c4ccc(F)cc4)oc3C2)S(C)=O)c(Cl)n1. The molecular weight excluding hydrogens is 445 g/mol. The fourth-order valence-corrected chi connectivity index (χ4v) is 4.54. The van der Waals surface area contributed by atoms with E-state index in [0.717, 1.165) is 17.0 Å². The number of imidazole rings is 1. The molecule has 2 atom stereocenters. The second-order valence-electron chi connectivity index (χ2n) is 7.77. The van der Waals surface area contributed by atoms with Gasteiger partial charge in [0.05, 0.1) is 30.3 Å². The van der Waals surface area contributed by atoms with Gasteiger partial charge in [0.25, 0.3) is 0 Å². The lowest BCUT2D eigenvalue weighted by Gasteiger charge is -2.32. The molecule has 3 aromatic rings. The van der Waals surface area contributed by atoms with Crippen molar-refractivity contribution in [3.8, 4) is 11.5 Å². The Morgan fingerprint density at radius 2 is 2.03 bits per heavy atom. The number of fused-ring (bicyclic) bond motifs is 1. The predicted octanol–water partition coefficient (Wildman–Crippen LogP) is 3.46. The first kappa shape index (κ1) is 21.9. The quantitative estimate of drug-likeness (QED) is 0.508. The van der Waals surface area contributed by atoms with Crippen LogP contribution in [0.25, 0.3) is 11.5 Å². The highest BCUT2D eigenvalue weighted by Gasteiger charge is 2.36. The van der Waals surface area contributed by atoms with Crippen LogP contribution in [-0.4, -0.2) is 48.3 Å². The molecule has 166 valence electrons. The highest BCUT2D eigenvalue weighted by atomic mass is 35.5. The smallest absolute Gasteiger partial charge is 0.226 e. The van der Waals surface area contributed by atoms with Gasteiger partial charge in [-0.05, 0) is 42.8 Å². The Bertz CT molecular complexity index is 1080. The number of oxazole rings is 1. The summed E-state index contributed by atoms with van der Waals surface area (Å²) in [6.45, 7) is 4.07. The summed E-state index contributed by atoms with van der Waals surface area (Å²) in [6.07, 6.45) is 3.42. The number of nitrogens with one attached hydrogen (secondary N) is 1. The van der Waals surface area contributed by atoms with Crippen LogP contribution in [0, 0.1) is 5.82 Å². The number of benzene rings is 1. The fraction of sp³-hybridized carbons (Fsp3) is 0.400. The molecule has 1 aliphatic heterocycles. The number of rotatable bonds is 8. The van der Waals surface area contributed by atoms with Gasteiger partial charge in [0.15, 0.2) is 5.82 Å². The average molecular weight is 468 g/mol. The third-order valence-electron chi connectivity index (χ3n) is 5.30. The highest BCUT2D eigenvalue weighted by molar-refractivity contribution is 7.85. The zero-order valence-corrected chi connectivity index (χ0v) is 19.0. The van der Waals surface area contributed by atoms with Crippen LogP contribution in [0.5, 0.6) is 0 Å². The normalized spacial score (nSPS) is 16.8. The number of aromatic nitrogens is 3. The zero-order valence-electron chi connectivity index (χ0n) is 17.4. The highest BCUT2D eigenvalue weighted by Crippen LogP contribution is 2.31. The molecule has 31 heavy (non-hydrogen) atoms. The van der Waals surface area contributed by atoms with E-state index < -0.39 is 15.5 Å². The largest absolute Gasteiger partial charge is 0.439 e. The molecule has 0 fully saturated rings. The maximum absolute atomic E-state index is 13.2. The summed E-state index contributed by atoms with van der Waals surface area (Å²) in [4.78, 5) is 15.8. The van der Waals surface area contributed by atoms with Gasteiger partial charge < -0.3 is 8.98 Å². The van der Waals surface area contributed by atoms with Crippen LogP contribution >= 0.6 is 11.6 Å². The zero-order chi connectivity index (χ0) is 22.2.